The number of hydrogen-bond acceptors (Lipinski definition) is 1. The summed E-state index contributed by atoms with van der Waals surface area (Å²) < 4.78 is 52.3. The Balaban J connectivity index is 2.41. The predicted octanol–water partition coefficient (Wildman–Crippen LogP) is 2.77. The summed E-state index contributed by atoms with van der Waals surface area (Å²) >= 11 is 0. The van der Waals surface area contributed by atoms with Gasteiger partial charge in [-0.1, -0.05) is 0 Å². The topological polar surface area (TPSA) is 37.8 Å². The van der Waals surface area contributed by atoms with Crippen molar-refractivity contribution in [3.63, 3.8) is 0 Å². The molecular formula is C13H12F4N2O. The van der Waals surface area contributed by atoms with Crippen molar-refractivity contribution in [2.24, 2.45) is 7.05 Å². The average Bonchev–Trinajstić information content (AvgIpc) is 2.55. The van der Waals surface area contributed by atoms with Gasteiger partial charge in [0.05, 0.1) is 5.56 Å². The number of nitrogens with one attached hydrogen (secondary N) is 1. The minimum atomic E-state index is -4.60. The summed E-state index contributed by atoms with van der Waals surface area (Å²) in [6.07, 6.45) is -4.57. The number of hydrogen-bond donors (Lipinski definition) is 1. The van der Waals surface area contributed by atoms with Crippen LogP contribution in [0.2, 0.25) is 0 Å². The van der Waals surface area contributed by atoms with Gasteiger partial charge in [-0.25, -0.2) is 4.39 Å². The van der Waals surface area contributed by atoms with Gasteiger partial charge < -0.3 is 0 Å². The Labute approximate surface area is 111 Å². The molecule has 7 heteroatoms. The van der Waals surface area contributed by atoms with E-state index in [0.29, 0.717) is 17.3 Å². The lowest BCUT2D eigenvalue weighted by Gasteiger charge is -2.09. The lowest BCUT2D eigenvalue weighted by Crippen LogP contribution is -2.12. The van der Waals surface area contributed by atoms with Crippen molar-refractivity contribution in [2.75, 3.05) is 0 Å². The lowest BCUT2D eigenvalue weighted by atomic mass is 10.0. The van der Waals surface area contributed by atoms with Crippen LogP contribution in [0.15, 0.2) is 23.0 Å². The van der Waals surface area contributed by atoms with Crippen LogP contribution in [0.5, 0.6) is 0 Å². The van der Waals surface area contributed by atoms with Crippen LogP contribution in [-0.4, -0.2) is 9.78 Å². The number of nitrogens with zero attached hydrogens (tertiary/aromatic N) is 1. The van der Waals surface area contributed by atoms with Gasteiger partial charge in [0.15, 0.2) is 0 Å². The minimum Gasteiger partial charge on any atom is -0.299 e. The van der Waals surface area contributed by atoms with E-state index in [1.165, 1.54) is 11.7 Å². The van der Waals surface area contributed by atoms with Gasteiger partial charge in [0.2, 0.25) is 0 Å². The first-order chi connectivity index (χ1) is 9.18. The fraction of sp³-hybridized carbons (Fsp3) is 0.308. The molecule has 20 heavy (non-hydrogen) atoms. The zero-order valence-electron chi connectivity index (χ0n) is 10.8. The Morgan fingerprint density at radius 2 is 1.90 bits per heavy atom. The van der Waals surface area contributed by atoms with Crippen LogP contribution in [0.1, 0.15) is 22.4 Å². The van der Waals surface area contributed by atoms with Crippen molar-refractivity contribution in [2.45, 2.75) is 19.5 Å². The van der Waals surface area contributed by atoms with Crippen LogP contribution in [0.3, 0.4) is 0 Å². The molecule has 0 aliphatic carbocycles. The van der Waals surface area contributed by atoms with Crippen LogP contribution in [0, 0.1) is 12.7 Å². The molecule has 1 aromatic carbocycles. The largest absolute Gasteiger partial charge is 0.416 e. The number of aromatic nitrogens is 2. The highest BCUT2D eigenvalue weighted by molar-refractivity contribution is 5.31. The molecule has 0 spiro atoms. The summed E-state index contributed by atoms with van der Waals surface area (Å²) in [7, 11) is 1.51. The lowest BCUT2D eigenvalue weighted by molar-refractivity contribution is -0.137. The Hall–Kier alpha value is -2.05. The summed E-state index contributed by atoms with van der Waals surface area (Å²) in [5, 5.41) is 2.74. The predicted molar refractivity (Wildman–Crippen MR) is 65.0 cm³/mol. The number of aromatic amines is 1. The van der Waals surface area contributed by atoms with Gasteiger partial charge >= 0.3 is 6.18 Å². The maximum absolute atomic E-state index is 13.3. The second-order valence-corrected chi connectivity index (χ2v) is 4.60. The molecule has 1 N–H and O–H groups in total. The molecule has 0 saturated heterocycles. The van der Waals surface area contributed by atoms with E-state index in [1.807, 2.05) is 0 Å². The molecule has 0 saturated carbocycles. The Bertz CT molecular complexity index is 697. The molecule has 0 fully saturated rings. The summed E-state index contributed by atoms with van der Waals surface area (Å²) in [5.41, 5.74) is -0.264. The number of aryl methyl sites for hydroxylation is 1. The van der Waals surface area contributed by atoms with E-state index in [4.69, 9.17) is 0 Å². The first-order valence-electron chi connectivity index (χ1n) is 5.79. The molecular weight excluding hydrogens is 276 g/mol. The standard InChI is InChI=1S/C13H12F4N2O/c1-7-11(18-19(2)12(7)20)5-8-3-9(13(15,16)17)6-10(14)4-8/h3-4,6,18H,5H2,1-2H3. The SMILES string of the molecule is Cc1c(Cc2cc(F)cc(C(F)(F)F)c2)[nH]n(C)c1=O. The van der Waals surface area contributed by atoms with E-state index in [0.717, 1.165) is 12.1 Å². The fourth-order valence-corrected chi connectivity index (χ4v) is 2.01. The third-order valence-corrected chi connectivity index (χ3v) is 3.05. The van der Waals surface area contributed by atoms with E-state index in [2.05, 4.69) is 5.10 Å². The molecule has 3 nitrogen and oxygen atoms in total. The van der Waals surface area contributed by atoms with Gasteiger partial charge in [-0.3, -0.25) is 14.6 Å². The quantitative estimate of drug-likeness (QED) is 0.848. The van der Waals surface area contributed by atoms with Gasteiger partial charge in [0, 0.05) is 24.7 Å². The summed E-state index contributed by atoms with van der Waals surface area (Å²) in [5.74, 6) is -0.953. The number of H-pyrrole nitrogens is 1. The highest BCUT2D eigenvalue weighted by atomic mass is 19.4. The molecule has 0 amide bonds. The van der Waals surface area contributed by atoms with Gasteiger partial charge in [-0.05, 0) is 30.7 Å². The van der Waals surface area contributed by atoms with Crippen molar-refractivity contribution >= 4 is 0 Å². The number of halogens is 4. The average molecular weight is 288 g/mol. The number of rotatable bonds is 2. The summed E-state index contributed by atoms with van der Waals surface area (Å²) in [6.45, 7) is 1.57. The highest BCUT2D eigenvalue weighted by Gasteiger charge is 2.31. The Morgan fingerprint density at radius 1 is 1.25 bits per heavy atom. The monoisotopic (exact) mass is 288 g/mol. The zero-order valence-corrected chi connectivity index (χ0v) is 10.8. The molecule has 2 aromatic rings. The van der Waals surface area contributed by atoms with Crippen molar-refractivity contribution in [1.29, 1.82) is 0 Å². The molecule has 0 bridgehead atoms. The molecule has 1 heterocycles. The van der Waals surface area contributed by atoms with Crippen LogP contribution in [0.4, 0.5) is 17.6 Å². The van der Waals surface area contributed by atoms with Crippen LogP contribution < -0.4 is 5.56 Å². The third-order valence-electron chi connectivity index (χ3n) is 3.05. The molecule has 0 atom stereocenters. The fourth-order valence-electron chi connectivity index (χ4n) is 2.01. The molecule has 108 valence electrons. The van der Waals surface area contributed by atoms with Gasteiger partial charge in [-0.15, -0.1) is 0 Å². The second kappa shape index (κ2) is 4.81. The van der Waals surface area contributed by atoms with E-state index in [9.17, 15) is 22.4 Å². The molecule has 0 unspecified atom stereocenters. The van der Waals surface area contributed by atoms with Gasteiger partial charge in [0.25, 0.3) is 5.56 Å². The van der Waals surface area contributed by atoms with E-state index >= 15 is 0 Å². The normalized spacial score (nSPS) is 11.9. The molecule has 0 radical (unpaired) electrons. The molecule has 2 rings (SSSR count). The van der Waals surface area contributed by atoms with Gasteiger partial charge in [-0.2, -0.15) is 13.2 Å². The minimum absolute atomic E-state index is 0.0305. The maximum Gasteiger partial charge on any atom is 0.416 e. The third kappa shape index (κ3) is 2.76. The van der Waals surface area contributed by atoms with Crippen molar-refractivity contribution in [3.05, 3.63) is 56.8 Å². The summed E-state index contributed by atoms with van der Waals surface area (Å²) in [4.78, 5) is 11.6. The second-order valence-electron chi connectivity index (χ2n) is 4.60. The van der Waals surface area contributed by atoms with Crippen LogP contribution in [-0.2, 0) is 19.6 Å². The van der Waals surface area contributed by atoms with Crippen molar-refractivity contribution < 1.29 is 17.6 Å². The van der Waals surface area contributed by atoms with E-state index in [-0.39, 0.29) is 17.5 Å². The smallest absolute Gasteiger partial charge is 0.299 e. The van der Waals surface area contributed by atoms with Crippen LogP contribution >= 0.6 is 0 Å². The van der Waals surface area contributed by atoms with E-state index in [1.54, 1.807) is 6.92 Å². The maximum atomic E-state index is 13.3. The molecule has 0 aliphatic heterocycles. The summed E-state index contributed by atoms with van der Waals surface area (Å²) in [6, 6.07) is 2.36. The molecule has 1 aromatic heterocycles. The first kappa shape index (κ1) is 14.4. The molecule has 0 aliphatic rings. The van der Waals surface area contributed by atoms with Gasteiger partial charge in [0.1, 0.15) is 5.82 Å². The first-order valence-corrected chi connectivity index (χ1v) is 5.79. The number of alkyl halides is 3. The van der Waals surface area contributed by atoms with Crippen molar-refractivity contribution in [1.82, 2.24) is 9.78 Å². The van der Waals surface area contributed by atoms with Crippen LogP contribution in [0.25, 0.3) is 0 Å². The van der Waals surface area contributed by atoms with Crippen molar-refractivity contribution in [3.8, 4) is 0 Å². The highest BCUT2D eigenvalue weighted by Crippen LogP contribution is 2.30. The Kier molecular flexibility index (Phi) is 3.45. The number of benzene rings is 1. The Morgan fingerprint density at radius 3 is 2.40 bits per heavy atom. The zero-order chi connectivity index (χ0) is 15.1. The van der Waals surface area contributed by atoms with E-state index < -0.39 is 17.6 Å².